The predicted molar refractivity (Wildman–Crippen MR) is 90.8 cm³/mol. The van der Waals surface area contributed by atoms with E-state index < -0.39 is 22.7 Å². The maximum absolute atomic E-state index is 12.8. The number of amides is 1. The Morgan fingerprint density at radius 2 is 1.81 bits per heavy atom. The standard InChI is InChI=1S/C17H14ClF3N2O3/c18-13-3-1-11(7-12(13)17(19,20)21)23-16(24)5-6-22-10-2-4-14-15(8-10)26-9-25-14/h1-4,7-8,22H,5-6,9H2,(H,23,24). The van der Waals surface area contributed by atoms with Gasteiger partial charge in [0.1, 0.15) is 0 Å². The minimum absolute atomic E-state index is 0.0369. The van der Waals surface area contributed by atoms with Crippen molar-refractivity contribution in [1.29, 1.82) is 0 Å². The summed E-state index contributed by atoms with van der Waals surface area (Å²) in [5.74, 6) is 0.838. The van der Waals surface area contributed by atoms with Crippen LogP contribution in [0.25, 0.3) is 0 Å². The number of hydrogen-bond donors (Lipinski definition) is 2. The van der Waals surface area contributed by atoms with Crippen LogP contribution in [-0.2, 0) is 11.0 Å². The van der Waals surface area contributed by atoms with Crippen LogP contribution in [0.2, 0.25) is 5.02 Å². The van der Waals surface area contributed by atoms with Crippen molar-refractivity contribution >= 4 is 28.9 Å². The Labute approximate surface area is 152 Å². The molecule has 1 amide bonds. The van der Waals surface area contributed by atoms with Gasteiger partial charge in [0, 0.05) is 30.4 Å². The summed E-state index contributed by atoms with van der Waals surface area (Å²) < 4.78 is 48.9. The molecule has 2 N–H and O–H groups in total. The summed E-state index contributed by atoms with van der Waals surface area (Å²) in [5.41, 5.74) is -0.210. The van der Waals surface area contributed by atoms with Gasteiger partial charge in [-0.25, -0.2) is 0 Å². The molecule has 3 rings (SSSR count). The Bertz CT molecular complexity index is 827. The smallest absolute Gasteiger partial charge is 0.417 e. The summed E-state index contributed by atoms with van der Waals surface area (Å²) in [5, 5.41) is 5.05. The first-order chi connectivity index (χ1) is 12.3. The zero-order valence-electron chi connectivity index (χ0n) is 13.3. The van der Waals surface area contributed by atoms with E-state index >= 15 is 0 Å². The molecule has 26 heavy (non-hydrogen) atoms. The molecule has 0 saturated heterocycles. The normalized spacial score (nSPS) is 12.8. The van der Waals surface area contributed by atoms with Gasteiger partial charge in [0.2, 0.25) is 12.7 Å². The molecular formula is C17H14ClF3N2O3. The molecule has 0 atom stereocenters. The average molecular weight is 387 g/mol. The molecule has 2 aromatic carbocycles. The first kappa shape index (κ1) is 18.2. The zero-order valence-corrected chi connectivity index (χ0v) is 14.1. The fourth-order valence-corrected chi connectivity index (χ4v) is 2.60. The largest absolute Gasteiger partial charge is 0.454 e. The van der Waals surface area contributed by atoms with E-state index in [9.17, 15) is 18.0 Å². The van der Waals surface area contributed by atoms with E-state index in [4.69, 9.17) is 21.1 Å². The number of rotatable bonds is 5. The van der Waals surface area contributed by atoms with Crippen molar-refractivity contribution in [2.45, 2.75) is 12.6 Å². The summed E-state index contributed by atoms with van der Waals surface area (Å²) in [6, 6.07) is 8.50. The second-order valence-electron chi connectivity index (χ2n) is 5.49. The Morgan fingerprint density at radius 1 is 1.08 bits per heavy atom. The third kappa shape index (κ3) is 4.32. The highest BCUT2D eigenvalue weighted by Crippen LogP contribution is 2.36. The van der Waals surface area contributed by atoms with Gasteiger partial charge >= 0.3 is 6.18 Å². The SMILES string of the molecule is O=C(CCNc1ccc2c(c1)OCO2)Nc1ccc(Cl)c(C(F)(F)F)c1. The van der Waals surface area contributed by atoms with E-state index in [0.29, 0.717) is 18.0 Å². The molecule has 0 spiro atoms. The molecule has 1 aliphatic heterocycles. The number of anilines is 2. The van der Waals surface area contributed by atoms with Crippen molar-refractivity contribution in [2.24, 2.45) is 0 Å². The number of nitrogens with one attached hydrogen (secondary N) is 2. The maximum Gasteiger partial charge on any atom is 0.417 e. The van der Waals surface area contributed by atoms with Crippen LogP contribution in [0.15, 0.2) is 36.4 Å². The Morgan fingerprint density at radius 3 is 2.58 bits per heavy atom. The molecule has 1 aliphatic rings. The van der Waals surface area contributed by atoms with Gasteiger partial charge in [-0.1, -0.05) is 11.6 Å². The Hall–Kier alpha value is -2.61. The van der Waals surface area contributed by atoms with E-state index in [1.165, 1.54) is 6.07 Å². The predicted octanol–water partition coefficient (Wildman–Crippen LogP) is 4.53. The van der Waals surface area contributed by atoms with Gasteiger partial charge < -0.3 is 20.1 Å². The molecule has 0 bridgehead atoms. The van der Waals surface area contributed by atoms with E-state index in [0.717, 1.165) is 17.8 Å². The first-order valence-electron chi connectivity index (χ1n) is 7.63. The minimum Gasteiger partial charge on any atom is -0.454 e. The van der Waals surface area contributed by atoms with Crippen molar-refractivity contribution in [1.82, 2.24) is 0 Å². The fourth-order valence-electron chi connectivity index (χ4n) is 2.37. The van der Waals surface area contributed by atoms with Gasteiger partial charge in [-0.2, -0.15) is 13.2 Å². The summed E-state index contributed by atoms with van der Waals surface area (Å²) in [7, 11) is 0. The van der Waals surface area contributed by atoms with Crippen LogP contribution in [0.1, 0.15) is 12.0 Å². The molecule has 0 saturated carbocycles. The number of carbonyl (C=O) groups is 1. The molecule has 0 unspecified atom stereocenters. The zero-order chi connectivity index (χ0) is 18.7. The van der Waals surface area contributed by atoms with Gasteiger partial charge in [-0.15, -0.1) is 0 Å². The molecule has 9 heteroatoms. The lowest BCUT2D eigenvalue weighted by Gasteiger charge is -2.12. The molecule has 138 valence electrons. The molecule has 0 aliphatic carbocycles. The van der Waals surface area contributed by atoms with Crippen LogP contribution >= 0.6 is 11.6 Å². The monoisotopic (exact) mass is 386 g/mol. The number of carbonyl (C=O) groups excluding carboxylic acids is 1. The van der Waals surface area contributed by atoms with Crippen LogP contribution in [0.5, 0.6) is 11.5 Å². The van der Waals surface area contributed by atoms with Crippen LogP contribution < -0.4 is 20.1 Å². The van der Waals surface area contributed by atoms with Crippen LogP contribution in [0.4, 0.5) is 24.5 Å². The van der Waals surface area contributed by atoms with Gasteiger partial charge in [0.05, 0.1) is 10.6 Å². The van der Waals surface area contributed by atoms with Gasteiger partial charge in [-0.05, 0) is 30.3 Å². The van der Waals surface area contributed by atoms with Gasteiger partial charge in [-0.3, -0.25) is 4.79 Å². The highest BCUT2D eigenvalue weighted by Gasteiger charge is 2.33. The quantitative estimate of drug-likeness (QED) is 0.792. The molecular weight excluding hydrogens is 373 g/mol. The van der Waals surface area contributed by atoms with E-state index in [2.05, 4.69) is 10.6 Å². The molecule has 2 aromatic rings. The highest BCUT2D eigenvalue weighted by atomic mass is 35.5. The highest BCUT2D eigenvalue weighted by molar-refractivity contribution is 6.31. The lowest BCUT2D eigenvalue weighted by Crippen LogP contribution is -2.17. The second-order valence-corrected chi connectivity index (χ2v) is 5.89. The van der Waals surface area contributed by atoms with Crippen molar-refractivity contribution in [3.8, 4) is 11.5 Å². The molecule has 0 aromatic heterocycles. The number of fused-ring (bicyclic) bond motifs is 1. The van der Waals surface area contributed by atoms with Crippen LogP contribution in [-0.4, -0.2) is 19.2 Å². The molecule has 0 fully saturated rings. The topological polar surface area (TPSA) is 59.6 Å². The third-order valence-corrected chi connectivity index (χ3v) is 3.94. The third-order valence-electron chi connectivity index (χ3n) is 3.61. The number of alkyl halides is 3. The number of ether oxygens (including phenoxy) is 2. The van der Waals surface area contributed by atoms with E-state index in [1.54, 1.807) is 18.2 Å². The minimum atomic E-state index is -4.58. The molecule has 5 nitrogen and oxygen atoms in total. The summed E-state index contributed by atoms with van der Waals surface area (Å²) in [6.07, 6.45) is -4.52. The Kier molecular flexibility index (Phi) is 5.13. The maximum atomic E-state index is 12.8. The van der Waals surface area contributed by atoms with Crippen LogP contribution in [0, 0.1) is 0 Å². The van der Waals surface area contributed by atoms with Gasteiger partial charge in [0.25, 0.3) is 0 Å². The second kappa shape index (κ2) is 7.33. The lowest BCUT2D eigenvalue weighted by molar-refractivity contribution is -0.137. The summed E-state index contributed by atoms with van der Waals surface area (Å²) >= 11 is 5.55. The number of benzene rings is 2. The fraction of sp³-hybridized carbons (Fsp3) is 0.235. The lowest BCUT2D eigenvalue weighted by atomic mass is 10.2. The molecule has 0 radical (unpaired) electrons. The molecule has 1 heterocycles. The summed E-state index contributed by atoms with van der Waals surface area (Å²) in [6.45, 7) is 0.466. The Balaban J connectivity index is 1.53. The van der Waals surface area contributed by atoms with Gasteiger partial charge in [0.15, 0.2) is 11.5 Å². The van der Waals surface area contributed by atoms with Crippen LogP contribution in [0.3, 0.4) is 0 Å². The number of hydrogen-bond acceptors (Lipinski definition) is 4. The number of halogens is 4. The average Bonchev–Trinajstić information content (AvgIpc) is 3.03. The van der Waals surface area contributed by atoms with E-state index in [-0.39, 0.29) is 18.9 Å². The first-order valence-corrected chi connectivity index (χ1v) is 8.01. The van der Waals surface area contributed by atoms with E-state index in [1.807, 2.05) is 0 Å². The van der Waals surface area contributed by atoms with Crippen molar-refractivity contribution in [3.05, 3.63) is 47.0 Å². The van der Waals surface area contributed by atoms with Crippen molar-refractivity contribution in [3.63, 3.8) is 0 Å². The van der Waals surface area contributed by atoms with Crippen molar-refractivity contribution < 1.29 is 27.4 Å². The summed E-state index contributed by atoms with van der Waals surface area (Å²) in [4.78, 5) is 11.9. The van der Waals surface area contributed by atoms with Crippen molar-refractivity contribution in [2.75, 3.05) is 24.0 Å².